The molecule has 0 N–H and O–H groups in total. The molecule has 0 bridgehead atoms. The van der Waals surface area contributed by atoms with E-state index in [0.717, 1.165) is 25.6 Å². The molecule has 1 saturated heterocycles. The highest BCUT2D eigenvalue weighted by molar-refractivity contribution is 14.1. The fraction of sp³-hybridized carbons (Fsp3) is 0.632. The first-order valence-electron chi connectivity index (χ1n) is 8.97. The zero-order chi connectivity index (χ0) is 17.1. The number of piperazine rings is 1. The van der Waals surface area contributed by atoms with Gasteiger partial charge in [0.25, 0.3) is 0 Å². The second kappa shape index (κ2) is 8.04. The molecule has 4 nitrogen and oxygen atoms in total. The molecule has 0 aromatic heterocycles. The highest BCUT2D eigenvalue weighted by Crippen LogP contribution is 2.29. The second-order valence-corrected chi connectivity index (χ2v) is 8.56. The molecule has 1 aromatic carbocycles. The topological polar surface area (TPSA) is 26.8 Å². The minimum absolute atomic E-state index is 0.279. The molecule has 0 radical (unpaired) electrons. The van der Waals surface area contributed by atoms with Crippen molar-refractivity contribution in [1.82, 2.24) is 9.80 Å². The number of carbonyl (C=O) groups is 1. The van der Waals surface area contributed by atoms with Crippen molar-refractivity contribution in [2.45, 2.75) is 31.7 Å². The average Bonchev–Trinajstić information content (AvgIpc) is 2.58. The molecule has 1 aliphatic carbocycles. The van der Waals surface area contributed by atoms with E-state index in [-0.39, 0.29) is 5.91 Å². The van der Waals surface area contributed by atoms with Crippen LogP contribution in [-0.4, -0.2) is 62.0 Å². The number of hydrogen-bond donors (Lipinski definition) is 0. The van der Waals surface area contributed by atoms with E-state index in [1.54, 1.807) is 0 Å². The first-order chi connectivity index (χ1) is 11.5. The molecule has 1 aromatic rings. The van der Waals surface area contributed by atoms with Crippen LogP contribution in [0.25, 0.3) is 0 Å². The molecule has 1 amide bonds. The molecule has 0 atom stereocenters. The predicted octanol–water partition coefficient (Wildman–Crippen LogP) is 3.06. The van der Waals surface area contributed by atoms with Crippen LogP contribution < -0.4 is 4.90 Å². The molecule has 5 heteroatoms. The largest absolute Gasteiger partial charge is 0.374 e. The molecule has 1 aliphatic heterocycles. The summed E-state index contributed by atoms with van der Waals surface area (Å²) >= 11 is 2.35. The van der Waals surface area contributed by atoms with E-state index in [9.17, 15) is 4.79 Å². The number of carbonyl (C=O) groups excluding carboxylic acids is 1. The van der Waals surface area contributed by atoms with Gasteiger partial charge in [0.15, 0.2) is 0 Å². The third-order valence-electron chi connectivity index (χ3n) is 5.62. The number of anilines is 1. The molecule has 2 aliphatic rings. The Morgan fingerprint density at radius 1 is 1.12 bits per heavy atom. The number of hydrogen-bond acceptors (Lipinski definition) is 3. The van der Waals surface area contributed by atoms with Crippen LogP contribution in [0, 0.1) is 9.49 Å². The Balaban J connectivity index is 1.46. The van der Waals surface area contributed by atoms with Crippen molar-refractivity contribution in [3.8, 4) is 0 Å². The maximum Gasteiger partial charge on any atom is 0.236 e. The van der Waals surface area contributed by atoms with E-state index in [1.807, 2.05) is 11.9 Å². The second-order valence-electron chi connectivity index (χ2n) is 7.32. The lowest BCUT2D eigenvalue weighted by Crippen LogP contribution is -2.53. The van der Waals surface area contributed by atoms with Gasteiger partial charge in [-0.2, -0.15) is 0 Å². The van der Waals surface area contributed by atoms with E-state index < -0.39 is 0 Å². The van der Waals surface area contributed by atoms with E-state index in [2.05, 4.69) is 63.7 Å². The van der Waals surface area contributed by atoms with E-state index in [4.69, 9.17) is 0 Å². The lowest BCUT2D eigenvalue weighted by molar-refractivity contribution is -0.135. The van der Waals surface area contributed by atoms with Crippen molar-refractivity contribution in [1.29, 1.82) is 0 Å². The highest BCUT2D eigenvalue weighted by Gasteiger charge is 2.30. The lowest BCUT2D eigenvalue weighted by atomic mass is 9.84. The zero-order valence-electron chi connectivity index (χ0n) is 14.7. The van der Waals surface area contributed by atoms with Crippen molar-refractivity contribution < 1.29 is 4.79 Å². The average molecular weight is 441 g/mol. The standard InChI is InChI=1S/C19H28IN3O/c1-21-11-12-23(14-19(21)24)18-7-3-15(4-8-18)13-22(2)17-9-5-16(20)6-10-17/h5-6,9-10,15,18H,3-4,7-8,11-14H2,1-2H3/t15-,18-. The summed E-state index contributed by atoms with van der Waals surface area (Å²) < 4.78 is 1.28. The van der Waals surface area contributed by atoms with Crippen LogP contribution in [0.15, 0.2) is 24.3 Å². The van der Waals surface area contributed by atoms with Gasteiger partial charge in [-0.1, -0.05) is 0 Å². The van der Waals surface area contributed by atoms with Gasteiger partial charge in [-0.25, -0.2) is 0 Å². The molecule has 132 valence electrons. The van der Waals surface area contributed by atoms with Crippen LogP contribution >= 0.6 is 22.6 Å². The molecule has 2 fully saturated rings. The summed E-state index contributed by atoms with van der Waals surface area (Å²) in [5, 5.41) is 0. The molecular formula is C19H28IN3O. The summed E-state index contributed by atoms with van der Waals surface area (Å²) in [5.41, 5.74) is 1.31. The van der Waals surface area contributed by atoms with Gasteiger partial charge in [0.1, 0.15) is 0 Å². The van der Waals surface area contributed by atoms with Crippen molar-refractivity contribution >= 4 is 34.2 Å². The summed E-state index contributed by atoms with van der Waals surface area (Å²) in [6, 6.07) is 9.39. The van der Waals surface area contributed by atoms with Crippen LogP contribution in [-0.2, 0) is 4.79 Å². The fourth-order valence-corrected chi connectivity index (χ4v) is 4.33. The summed E-state index contributed by atoms with van der Waals surface area (Å²) in [6.45, 7) is 3.68. The number of likely N-dealkylation sites (N-methyl/N-ethyl adjacent to an activating group) is 1. The highest BCUT2D eigenvalue weighted by atomic mass is 127. The molecular weight excluding hydrogens is 413 g/mol. The van der Waals surface area contributed by atoms with Gasteiger partial charge in [-0.3, -0.25) is 9.69 Å². The van der Waals surface area contributed by atoms with Crippen LogP contribution in [0.1, 0.15) is 25.7 Å². The third kappa shape index (κ3) is 4.42. The number of amides is 1. The Kier molecular flexibility index (Phi) is 6.02. The fourth-order valence-electron chi connectivity index (χ4n) is 3.97. The van der Waals surface area contributed by atoms with Crippen molar-refractivity contribution in [2.75, 3.05) is 45.2 Å². The van der Waals surface area contributed by atoms with Gasteiger partial charge in [0.2, 0.25) is 5.91 Å². The third-order valence-corrected chi connectivity index (χ3v) is 6.34. The molecule has 3 rings (SSSR count). The van der Waals surface area contributed by atoms with Crippen molar-refractivity contribution in [3.63, 3.8) is 0 Å². The summed E-state index contributed by atoms with van der Waals surface area (Å²) in [7, 11) is 4.12. The Morgan fingerprint density at radius 3 is 2.42 bits per heavy atom. The maximum absolute atomic E-state index is 11.9. The van der Waals surface area contributed by atoms with E-state index >= 15 is 0 Å². The molecule has 24 heavy (non-hydrogen) atoms. The molecule has 1 heterocycles. The monoisotopic (exact) mass is 441 g/mol. The minimum atomic E-state index is 0.279. The predicted molar refractivity (Wildman–Crippen MR) is 107 cm³/mol. The van der Waals surface area contributed by atoms with Gasteiger partial charge in [-0.05, 0) is 78.5 Å². The van der Waals surface area contributed by atoms with Gasteiger partial charge >= 0.3 is 0 Å². The molecule has 0 spiro atoms. The Hall–Kier alpha value is -0.820. The van der Waals surface area contributed by atoms with Gasteiger partial charge in [-0.15, -0.1) is 0 Å². The number of halogens is 1. The van der Waals surface area contributed by atoms with Crippen LogP contribution in [0.5, 0.6) is 0 Å². The first kappa shape index (κ1) is 18.0. The van der Waals surface area contributed by atoms with Crippen LogP contribution in [0.3, 0.4) is 0 Å². The molecule has 0 unspecified atom stereocenters. The quantitative estimate of drug-likeness (QED) is 0.673. The smallest absolute Gasteiger partial charge is 0.236 e. The van der Waals surface area contributed by atoms with Crippen LogP contribution in [0.4, 0.5) is 5.69 Å². The number of benzene rings is 1. The van der Waals surface area contributed by atoms with Crippen molar-refractivity contribution in [2.24, 2.45) is 5.92 Å². The number of nitrogens with zero attached hydrogens (tertiary/aromatic N) is 3. The molecule has 1 saturated carbocycles. The van der Waals surface area contributed by atoms with E-state index in [0.29, 0.717) is 12.6 Å². The maximum atomic E-state index is 11.9. The normalized spacial score (nSPS) is 25.8. The summed E-state index contributed by atoms with van der Waals surface area (Å²) in [4.78, 5) is 18.6. The Bertz CT molecular complexity index is 554. The summed E-state index contributed by atoms with van der Waals surface area (Å²) in [5.74, 6) is 1.05. The van der Waals surface area contributed by atoms with E-state index in [1.165, 1.54) is 34.9 Å². The SMILES string of the molecule is CN1CCN([C@H]2CC[C@H](CN(C)c3ccc(I)cc3)CC2)CC1=O. The van der Waals surface area contributed by atoms with Gasteiger partial charge < -0.3 is 9.80 Å². The van der Waals surface area contributed by atoms with Gasteiger partial charge in [0, 0.05) is 49.0 Å². The van der Waals surface area contributed by atoms with Crippen molar-refractivity contribution in [3.05, 3.63) is 27.8 Å². The first-order valence-corrected chi connectivity index (χ1v) is 10.1. The zero-order valence-corrected chi connectivity index (χ0v) is 16.9. The Labute approximate surface area is 159 Å². The van der Waals surface area contributed by atoms with Crippen LogP contribution in [0.2, 0.25) is 0 Å². The summed E-state index contributed by atoms with van der Waals surface area (Å²) in [6.07, 6.45) is 5.03. The Morgan fingerprint density at radius 2 is 1.79 bits per heavy atom. The van der Waals surface area contributed by atoms with Gasteiger partial charge in [0.05, 0.1) is 6.54 Å². The minimum Gasteiger partial charge on any atom is -0.374 e. The number of rotatable bonds is 4. The lowest BCUT2D eigenvalue weighted by Gasteiger charge is -2.41.